The summed E-state index contributed by atoms with van der Waals surface area (Å²) in [5, 5.41) is 26.8. The van der Waals surface area contributed by atoms with Crippen LogP contribution in [0.25, 0.3) is 0 Å². The van der Waals surface area contributed by atoms with E-state index in [4.69, 9.17) is 14.9 Å². The minimum atomic E-state index is -4.88. The van der Waals surface area contributed by atoms with E-state index in [1.807, 2.05) is 0 Å². The van der Waals surface area contributed by atoms with Crippen molar-refractivity contribution in [3.63, 3.8) is 0 Å². The Morgan fingerprint density at radius 3 is 1.75 bits per heavy atom. The van der Waals surface area contributed by atoms with Crippen LogP contribution in [-0.4, -0.2) is 34.5 Å². The Kier molecular flexibility index (Phi) is 9.61. The van der Waals surface area contributed by atoms with Crippen molar-refractivity contribution < 1.29 is 55.6 Å². The molecule has 0 radical (unpaired) electrons. The zero-order valence-electron chi connectivity index (χ0n) is 16.4. The summed E-state index contributed by atoms with van der Waals surface area (Å²) in [6.07, 6.45) is -12.1. The molecule has 3 N–H and O–H groups in total. The van der Waals surface area contributed by atoms with E-state index in [1.54, 1.807) is 0 Å². The van der Waals surface area contributed by atoms with E-state index < -0.39 is 59.6 Å². The minimum Gasteiger partial charge on any atom is -0.480 e. The maximum Gasteiger partial charge on any atom is 0.416 e. The van der Waals surface area contributed by atoms with Crippen molar-refractivity contribution in [3.05, 3.63) is 70.5 Å². The third kappa shape index (κ3) is 9.20. The van der Waals surface area contributed by atoms with Crippen LogP contribution in [0.15, 0.2) is 42.5 Å². The molecule has 2 aromatic carbocycles. The molecule has 0 amide bonds. The summed E-state index contributed by atoms with van der Waals surface area (Å²) in [6.45, 7) is 0.506. The summed E-state index contributed by atoms with van der Waals surface area (Å²) in [6, 6.07) is 6.30. The molecule has 12 heteroatoms. The van der Waals surface area contributed by atoms with Gasteiger partial charge in [-0.1, -0.05) is 12.1 Å². The Hall–Kier alpha value is -2.70. The van der Waals surface area contributed by atoms with Gasteiger partial charge in [0, 0.05) is 0 Å². The number of aliphatic hydroxyl groups is 2. The van der Waals surface area contributed by atoms with Gasteiger partial charge in [0.05, 0.1) is 23.8 Å². The molecule has 0 bridgehead atoms. The van der Waals surface area contributed by atoms with Crippen LogP contribution in [0.5, 0.6) is 0 Å². The quantitative estimate of drug-likeness (QED) is 0.529. The molecule has 0 saturated carbocycles. The monoisotopic (exact) mass is 472 g/mol. The molecule has 0 aliphatic rings. The van der Waals surface area contributed by atoms with E-state index in [-0.39, 0.29) is 12.7 Å². The van der Waals surface area contributed by atoms with Crippen LogP contribution in [0.2, 0.25) is 0 Å². The first-order valence-electron chi connectivity index (χ1n) is 8.81. The first-order chi connectivity index (χ1) is 14.6. The number of benzene rings is 2. The summed E-state index contributed by atoms with van der Waals surface area (Å²) < 4.78 is 91.3. The first kappa shape index (κ1) is 27.3. The molecule has 178 valence electrons. The second-order valence-corrected chi connectivity index (χ2v) is 6.49. The highest BCUT2D eigenvalue weighted by molar-refractivity contribution is 5.67. The van der Waals surface area contributed by atoms with Crippen molar-refractivity contribution >= 4 is 5.97 Å². The van der Waals surface area contributed by atoms with Crippen LogP contribution in [0.3, 0.4) is 0 Å². The zero-order valence-corrected chi connectivity index (χ0v) is 16.4. The van der Waals surface area contributed by atoms with Gasteiger partial charge < -0.3 is 20.1 Å². The van der Waals surface area contributed by atoms with E-state index in [1.165, 1.54) is 24.3 Å². The van der Waals surface area contributed by atoms with Gasteiger partial charge >= 0.3 is 18.3 Å². The lowest BCUT2D eigenvalue weighted by Gasteiger charge is -2.15. The number of ether oxygens (including phenoxy) is 1. The number of alkyl halides is 6. The van der Waals surface area contributed by atoms with Gasteiger partial charge in [-0.2, -0.15) is 26.3 Å². The summed E-state index contributed by atoms with van der Waals surface area (Å²) >= 11 is 0. The average molecular weight is 472 g/mol. The number of carboxylic acids is 1. The molecule has 2 rings (SSSR count). The number of aliphatic carboxylic acids is 1. The molecular weight excluding hydrogens is 453 g/mol. The number of carbonyl (C=O) groups is 1. The maximum absolute atomic E-state index is 12.5. The smallest absolute Gasteiger partial charge is 0.416 e. The van der Waals surface area contributed by atoms with Crippen LogP contribution >= 0.6 is 0 Å². The number of rotatable bonds is 6. The predicted molar refractivity (Wildman–Crippen MR) is 96.9 cm³/mol. The average Bonchev–Trinajstić information content (AvgIpc) is 2.67. The molecule has 0 aliphatic carbocycles. The Morgan fingerprint density at radius 1 is 0.906 bits per heavy atom. The van der Waals surface area contributed by atoms with E-state index in [0.29, 0.717) is 17.7 Å². The van der Waals surface area contributed by atoms with Crippen LogP contribution < -0.4 is 0 Å². The molecule has 2 aromatic rings. The highest BCUT2D eigenvalue weighted by Crippen LogP contribution is 2.37. The van der Waals surface area contributed by atoms with Gasteiger partial charge in [-0.05, 0) is 48.4 Å². The van der Waals surface area contributed by atoms with Gasteiger partial charge in [0.2, 0.25) is 0 Å². The number of carboxylic acid groups (broad SMARTS) is 1. The Balaban J connectivity index is 0.000000323. The number of hydrogen-bond acceptors (Lipinski definition) is 4. The molecule has 0 aromatic heterocycles. The fourth-order valence-electron chi connectivity index (χ4n) is 2.26. The molecule has 0 saturated heterocycles. The molecule has 0 spiro atoms. The fourth-order valence-corrected chi connectivity index (χ4v) is 2.26. The Bertz CT molecular complexity index is 845. The predicted octanol–water partition coefficient (Wildman–Crippen LogP) is 4.74. The van der Waals surface area contributed by atoms with Gasteiger partial charge in [0.25, 0.3) is 0 Å². The van der Waals surface area contributed by atoms with Crippen LogP contribution in [0.4, 0.5) is 30.7 Å². The number of halogens is 7. The topological polar surface area (TPSA) is 87.0 Å². The molecule has 0 aliphatic heterocycles. The Morgan fingerprint density at radius 2 is 1.38 bits per heavy atom. The lowest BCUT2D eigenvalue weighted by Crippen LogP contribution is -2.13. The van der Waals surface area contributed by atoms with Crippen molar-refractivity contribution in [2.75, 3.05) is 13.2 Å². The van der Waals surface area contributed by atoms with Crippen molar-refractivity contribution in [3.8, 4) is 0 Å². The summed E-state index contributed by atoms with van der Waals surface area (Å²) in [4.78, 5) is 10.1. The second-order valence-electron chi connectivity index (χ2n) is 6.49. The second kappa shape index (κ2) is 11.2. The lowest BCUT2D eigenvalue weighted by molar-refractivity contribution is -0.144. The zero-order chi connectivity index (χ0) is 24.7. The third-order valence-corrected chi connectivity index (χ3v) is 3.85. The lowest BCUT2D eigenvalue weighted by atomic mass is 10.0. The molecule has 5 nitrogen and oxygen atoms in total. The Labute approximate surface area is 177 Å². The SMILES string of the molecule is C[C@@H](O)c1cc(C(F)(F)F)cc(C(F)(F)F)c1.O=C(O)COCC(O)c1ccc(F)cc1. The van der Waals surface area contributed by atoms with Gasteiger partial charge in [0.1, 0.15) is 18.5 Å². The summed E-state index contributed by atoms with van der Waals surface area (Å²) in [5.74, 6) is -1.49. The molecule has 1 unspecified atom stereocenters. The first-order valence-corrected chi connectivity index (χ1v) is 8.81. The van der Waals surface area contributed by atoms with Gasteiger partial charge in [-0.15, -0.1) is 0 Å². The van der Waals surface area contributed by atoms with Crippen molar-refractivity contribution in [1.82, 2.24) is 0 Å². The fraction of sp³-hybridized carbons (Fsp3) is 0.350. The molecule has 2 atom stereocenters. The number of hydrogen-bond donors (Lipinski definition) is 3. The van der Waals surface area contributed by atoms with Crippen LogP contribution in [0, 0.1) is 5.82 Å². The highest BCUT2D eigenvalue weighted by atomic mass is 19.4. The van der Waals surface area contributed by atoms with Gasteiger partial charge in [-0.25, -0.2) is 9.18 Å². The van der Waals surface area contributed by atoms with E-state index in [2.05, 4.69) is 0 Å². The molecule has 0 heterocycles. The summed E-state index contributed by atoms with van der Waals surface area (Å²) in [5.41, 5.74) is -2.79. The summed E-state index contributed by atoms with van der Waals surface area (Å²) in [7, 11) is 0. The van der Waals surface area contributed by atoms with E-state index in [0.717, 1.165) is 6.92 Å². The maximum atomic E-state index is 12.5. The molecule has 0 fully saturated rings. The van der Waals surface area contributed by atoms with Crippen molar-refractivity contribution in [1.29, 1.82) is 0 Å². The van der Waals surface area contributed by atoms with E-state index in [9.17, 15) is 40.6 Å². The molecular formula is C20H19F7O5. The van der Waals surface area contributed by atoms with Crippen LogP contribution in [0.1, 0.15) is 41.4 Å². The number of aliphatic hydroxyl groups excluding tert-OH is 2. The highest BCUT2D eigenvalue weighted by Gasteiger charge is 2.37. The van der Waals surface area contributed by atoms with Gasteiger partial charge in [-0.3, -0.25) is 0 Å². The third-order valence-electron chi connectivity index (χ3n) is 3.85. The van der Waals surface area contributed by atoms with Crippen molar-refractivity contribution in [2.24, 2.45) is 0 Å². The van der Waals surface area contributed by atoms with Crippen molar-refractivity contribution in [2.45, 2.75) is 31.5 Å². The van der Waals surface area contributed by atoms with Crippen LogP contribution in [-0.2, 0) is 21.9 Å². The molecule has 32 heavy (non-hydrogen) atoms. The minimum absolute atomic E-state index is 0.0197. The standard InChI is InChI=1S/C10H8F6O.C10H11FO4/c1-5(17)6-2-7(9(11,12)13)4-8(3-6)10(14,15)16;11-8-3-1-7(2-4-8)9(12)5-15-6-10(13)14/h2-5,17H,1H3;1-4,9,12H,5-6H2,(H,13,14)/t5-;/m1./s1. The largest absolute Gasteiger partial charge is 0.480 e. The normalized spacial score (nSPS) is 13.7. The van der Waals surface area contributed by atoms with E-state index >= 15 is 0 Å². The van der Waals surface area contributed by atoms with Gasteiger partial charge in [0.15, 0.2) is 0 Å².